The highest BCUT2D eigenvalue weighted by atomic mass is 17.0. The van der Waals surface area contributed by atoms with Crippen LogP contribution in [0.4, 0.5) is 0 Å². The Morgan fingerprint density at radius 2 is 1.80 bits per heavy atom. The smallest absolute Gasteiger partial charge is 0.316 e. The minimum Gasteiger partial charge on any atom is -0.481 e. The summed E-state index contributed by atoms with van der Waals surface area (Å²) in [6.07, 6.45) is 12.3. The Morgan fingerprint density at radius 3 is 2.49 bits per heavy atom. The molecule has 4 heterocycles. The maximum absolute atomic E-state index is 13.7. The molecule has 13 atom stereocenters. The lowest BCUT2D eigenvalue weighted by Gasteiger charge is -2.58. The number of hydrogen-bond acceptors (Lipinski definition) is 8. The molecule has 8 rings (SSSR count). The molecule has 13 unspecified atom stereocenters. The third-order valence-corrected chi connectivity index (χ3v) is 13.4. The summed E-state index contributed by atoms with van der Waals surface area (Å²) in [5.41, 5.74) is -2.32. The fourth-order valence-corrected chi connectivity index (χ4v) is 11.5. The molecule has 4 aliphatic carbocycles. The second-order valence-corrected chi connectivity index (χ2v) is 15.8. The van der Waals surface area contributed by atoms with Crippen molar-refractivity contribution in [3.05, 3.63) is 11.6 Å². The molecule has 8 aliphatic rings. The molecule has 0 radical (unpaired) electrons. The highest BCUT2D eigenvalue weighted by Crippen LogP contribution is 2.82. The lowest BCUT2D eigenvalue weighted by molar-refractivity contribution is -0.448. The summed E-state index contributed by atoms with van der Waals surface area (Å²) in [6.45, 7) is 9.13. The lowest BCUT2D eigenvalue weighted by Crippen LogP contribution is -2.66. The molecular formula is C36H54O9. The summed E-state index contributed by atoms with van der Waals surface area (Å²) in [4.78, 5) is 27.1. The van der Waals surface area contributed by atoms with E-state index in [1.165, 1.54) is 38.5 Å². The van der Waals surface area contributed by atoms with E-state index in [2.05, 4.69) is 19.9 Å². The first-order chi connectivity index (χ1) is 21.6. The molecule has 252 valence electrons. The summed E-state index contributed by atoms with van der Waals surface area (Å²) in [5.74, 6) is -2.12. The molecule has 7 fully saturated rings. The van der Waals surface area contributed by atoms with Crippen molar-refractivity contribution in [2.75, 3.05) is 13.2 Å². The number of allylic oxidation sites excluding steroid dienone is 1. The molecule has 9 heteroatoms. The fraction of sp³-hybridized carbons (Fsp3) is 0.889. The average molecular weight is 631 g/mol. The highest BCUT2D eigenvalue weighted by Gasteiger charge is 2.85. The van der Waals surface area contributed by atoms with Crippen LogP contribution in [0.2, 0.25) is 0 Å². The lowest BCUT2D eigenvalue weighted by atomic mass is 9.43. The third kappa shape index (κ3) is 4.26. The number of carboxylic acid groups (broad SMARTS) is 1. The number of hydrogen-bond donors (Lipinski definition) is 2. The van der Waals surface area contributed by atoms with Crippen LogP contribution in [0.3, 0.4) is 0 Å². The SMILES string of the molecule is CCCCCCCCCCOC1C2OC3(OCC45CC6C(C)CCC6C6(C=O)CC4C=C(C(C)C)C65C(=O)O)OC2OC1C3O. The molecule has 4 saturated heterocycles. The van der Waals surface area contributed by atoms with E-state index in [0.717, 1.165) is 37.5 Å². The van der Waals surface area contributed by atoms with Gasteiger partial charge in [-0.25, -0.2) is 0 Å². The van der Waals surface area contributed by atoms with Crippen LogP contribution in [0.25, 0.3) is 0 Å². The molecule has 0 spiro atoms. The van der Waals surface area contributed by atoms with Gasteiger partial charge >= 0.3 is 11.9 Å². The molecule has 0 aromatic rings. The Balaban J connectivity index is 1.07. The number of aldehydes is 1. The van der Waals surface area contributed by atoms with Gasteiger partial charge in [0.05, 0.1) is 12.0 Å². The molecule has 4 aliphatic heterocycles. The van der Waals surface area contributed by atoms with Crippen molar-refractivity contribution in [2.24, 2.45) is 45.8 Å². The van der Waals surface area contributed by atoms with Crippen molar-refractivity contribution in [3.63, 3.8) is 0 Å². The minimum atomic E-state index is -1.74. The Morgan fingerprint density at radius 1 is 1.07 bits per heavy atom. The second-order valence-electron chi connectivity index (χ2n) is 15.8. The van der Waals surface area contributed by atoms with E-state index in [4.69, 9.17) is 23.7 Å². The van der Waals surface area contributed by atoms with E-state index in [0.29, 0.717) is 25.4 Å². The normalized spacial score (nSPS) is 48.4. The molecule has 0 aromatic heterocycles. The number of rotatable bonds is 16. The standard InChI is InChI=1S/C36H54O9/c1-5-6-7-8-9-10-11-12-15-41-27-28-30(38)36(44-29(27)31(43-28)45-36)42-20-34-18-24-22(4)13-14-25(24)33(19-37)17-23(34)16-26(21(2)3)35(33,34)32(39)40/h16,19,21-25,27-31,38H,5-15,17-18,20H2,1-4H3,(H,39,40). The monoisotopic (exact) mass is 630 g/mol. The molecule has 0 amide bonds. The Bertz CT molecular complexity index is 1190. The van der Waals surface area contributed by atoms with Gasteiger partial charge in [0.2, 0.25) is 0 Å². The molecule has 0 aromatic carbocycles. The first-order valence-corrected chi connectivity index (χ1v) is 18.0. The molecule has 45 heavy (non-hydrogen) atoms. The number of fused-ring (bicyclic) bond motifs is 2. The van der Waals surface area contributed by atoms with Crippen LogP contribution in [0, 0.1) is 45.8 Å². The van der Waals surface area contributed by atoms with Crippen molar-refractivity contribution in [1.82, 2.24) is 0 Å². The zero-order valence-electron chi connectivity index (χ0n) is 27.6. The summed E-state index contributed by atoms with van der Waals surface area (Å²) in [7, 11) is 0. The molecular weight excluding hydrogens is 576 g/mol. The first-order valence-electron chi connectivity index (χ1n) is 18.0. The van der Waals surface area contributed by atoms with Gasteiger partial charge in [-0.15, -0.1) is 0 Å². The molecule has 3 saturated carbocycles. The van der Waals surface area contributed by atoms with E-state index in [1.807, 2.05) is 13.8 Å². The number of carbonyl (C=O) groups is 2. The summed E-state index contributed by atoms with van der Waals surface area (Å²) >= 11 is 0. The first kappa shape index (κ1) is 32.2. The van der Waals surface area contributed by atoms with Crippen LogP contribution in [-0.4, -0.2) is 72.4 Å². The van der Waals surface area contributed by atoms with Gasteiger partial charge < -0.3 is 34.0 Å². The highest BCUT2D eigenvalue weighted by molar-refractivity contribution is 5.90. The van der Waals surface area contributed by atoms with Gasteiger partial charge in [-0.3, -0.25) is 9.53 Å². The fourth-order valence-electron chi connectivity index (χ4n) is 11.5. The van der Waals surface area contributed by atoms with Gasteiger partial charge in [0, 0.05) is 12.0 Å². The Kier molecular flexibility index (Phi) is 8.34. The number of ether oxygens (including phenoxy) is 5. The van der Waals surface area contributed by atoms with Crippen molar-refractivity contribution in [2.45, 2.75) is 141 Å². The predicted octanol–water partition coefficient (Wildman–Crippen LogP) is 5.62. The third-order valence-electron chi connectivity index (χ3n) is 13.4. The van der Waals surface area contributed by atoms with Crippen molar-refractivity contribution in [1.29, 1.82) is 0 Å². The summed E-state index contributed by atoms with van der Waals surface area (Å²) in [5, 5.41) is 22.8. The quantitative estimate of drug-likeness (QED) is 0.127. The van der Waals surface area contributed by atoms with Crippen molar-refractivity contribution in [3.8, 4) is 0 Å². The minimum absolute atomic E-state index is 0.0230. The number of aliphatic hydroxyl groups excluding tert-OH is 1. The van der Waals surface area contributed by atoms with Crippen molar-refractivity contribution < 1.29 is 43.5 Å². The average Bonchev–Trinajstić information content (AvgIpc) is 3.75. The van der Waals surface area contributed by atoms with Crippen LogP contribution < -0.4 is 0 Å². The van der Waals surface area contributed by atoms with Crippen LogP contribution >= 0.6 is 0 Å². The number of aliphatic hydroxyl groups is 1. The van der Waals surface area contributed by atoms with E-state index in [1.54, 1.807) is 0 Å². The van der Waals surface area contributed by atoms with E-state index in [-0.39, 0.29) is 30.3 Å². The Labute approximate surface area is 267 Å². The predicted molar refractivity (Wildman–Crippen MR) is 164 cm³/mol. The zero-order valence-corrected chi connectivity index (χ0v) is 27.6. The van der Waals surface area contributed by atoms with Crippen LogP contribution in [0.15, 0.2) is 11.6 Å². The maximum Gasteiger partial charge on any atom is 0.316 e. The number of aliphatic carboxylic acids is 1. The van der Waals surface area contributed by atoms with Gasteiger partial charge in [-0.1, -0.05) is 90.7 Å². The van der Waals surface area contributed by atoms with Gasteiger partial charge in [0.15, 0.2) is 12.4 Å². The van der Waals surface area contributed by atoms with Gasteiger partial charge in [0.25, 0.3) is 0 Å². The topological polar surface area (TPSA) is 121 Å². The molecule has 2 N–H and O–H groups in total. The largest absolute Gasteiger partial charge is 0.481 e. The number of unbranched alkanes of at least 4 members (excludes halogenated alkanes) is 7. The number of carbonyl (C=O) groups excluding carboxylic acids is 1. The van der Waals surface area contributed by atoms with E-state index in [9.17, 15) is 19.8 Å². The van der Waals surface area contributed by atoms with E-state index >= 15 is 0 Å². The maximum atomic E-state index is 13.7. The van der Waals surface area contributed by atoms with Gasteiger partial charge in [-0.05, 0) is 55.3 Å². The van der Waals surface area contributed by atoms with E-state index < -0.39 is 58.9 Å². The van der Waals surface area contributed by atoms with Gasteiger partial charge in [0.1, 0.15) is 30.0 Å². The number of carboxylic acids is 1. The van der Waals surface area contributed by atoms with Crippen LogP contribution in [0.1, 0.15) is 105 Å². The molecule has 8 bridgehead atoms. The summed E-state index contributed by atoms with van der Waals surface area (Å²) < 4.78 is 31.3. The zero-order chi connectivity index (χ0) is 31.8. The van der Waals surface area contributed by atoms with Crippen LogP contribution in [-0.2, 0) is 33.3 Å². The summed E-state index contributed by atoms with van der Waals surface area (Å²) in [6, 6.07) is 0. The van der Waals surface area contributed by atoms with Crippen LogP contribution in [0.5, 0.6) is 0 Å². The molecule has 9 nitrogen and oxygen atoms in total. The second kappa shape index (κ2) is 11.7. The van der Waals surface area contributed by atoms with Gasteiger partial charge in [-0.2, -0.15) is 0 Å². The Hall–Kier alpha value is -1.36. The van der Waals surface area contributed by atoms with Crippen molar-refractivity contribution >= 4 is 12.3 Å².